The van der Waals surface area contributed by atoms with Crippen molar-refractivity contribution < 1.29 is 14.7 Å². The third-order valence-electron chi connectivity index (χ3n) is 2.48. The second-order valence-corrected chi connectivity index (χ2v) is 3.65. The molecule has 1 aromatic carbocycles. The molecule has 0 aliphatic carbocycles. The fourth-order valence-electron chi connectivity index (χ4n) is 1.64. The lowest BCUT2D eigenvalue weighted by Gasteiger charge is -2.11. The fourth-order valence-corrected chi connectivity index (χ4v) is 1.64. The molecule has 1 saturated heterocycles. The van der Waals surface area contributed by atoms with Gasteiger partial charge in [0.15, 0.2) is 0 Å². The number of rotatable bonds is 2. The van der Waals surface area contributed by atoms with E-state index in [1.807, 2.05) is 6.07 Å². The number of anilines is 1. The van der Waals surface area contributed by atoms with E-state index in [-0.39, 0.29) is 6.54 Å². The van der Waals surface area contributed by atoms with Crippen LogP contribution in [0.15, 0.2) is 30.3 Å². The molecule has 84 valence electrons. The van der Waals surface area contributed by atoms with Crippen LogP contribution in [0.5, 0.6) is 0 Å². The van der Waals surface area contributed by atoms with E-state index in [1.54, 1.807) is 24.3 Å². The van der Waals surface area contributed by atoms with Crippen molar-refractivity contribution in [2.24, 2.45) is 5.92 Å². The third kappa shape index (κ3) is 2.04. The summed E-state index contributed by atoms with van der Waals surface area (Å²) in [6.07, 6.45) is -0.948. The van der Waals surface area contributed by atoms with Gasteiger partial charge in [0.05, 0.1) is 6.10 Å². The van der Waals surface area contributed by atoms with Gasteiger partial charge in [-0.15, -0.1) is 0 Å². The summed E-state index contributed by atoms with van der Waals surface area (Å²) in [6, 6.07) is 8.82. The van der Waals surface area contributed by atoms with E-state index >= 15 is 0 Å². The second-order valence-electron chi connectivity index (χ2n) is 3.65. The fraction of sp³-hybridized carbons (Fsp3) is 0.273. The number of para-hydroxylation sites is 1. The molecule has 1 aliphatic heterocycles. The lowest BCUT2D eigenvalue weighted by Crippen LogP contribution is -2.34. The van der Waals surface area contributed by atoms with Gasteiger partial charge in [-0.1, -0.05) is 18.2 Å². The van der Waals surface area contributed by atoms with Gasteiger partial charge < -0.3 is 15.7 Å². The van der Waals surface area contributed by atoms with E-state index in [1.165, 1.54) is 0 Å². The van der Waals surface area contributed by atoms with Gasteiger partial charge in [0.2, 0.25) is 11.8 Å². The molecule has 1 heterocycles. The monoisotopic (exact) mass is 220 g/mol. The van der Waals surface area contributed by atoms with Gasteiger partial charge in [-0.3, -0.25) is 9.59 Å². The van der Waals surface area contributed by atoms with Crippen molar-refractivity contribution in [3.63, 3.8) is 0 Å². The number of aliphatic hydroxyl groups excluding tert-OH is 1. The predicted octanol–water partition coefficient (Wildman–Crippen LogP) is -0.268. The van der Waals surface area contributed by atoms with Crippen LogP contribution in [-0.2, 0) is 9.59 Å². The topological polar surface area (TPSA) is 78.4 Å². The summed E-state index contributed by atoms with van der Waals surface area (Å²) in [5.41, 5.74) is 0.611. The third-order valence-corrected chi connectivity index (χ3v) is 2.48. The lowest BCUT2D eigenvalue weighted by atomic mass is 10.0. The zero-order valence-corrected chi connectivity index (χ0v) is 8.51. The molecule has 1 fully saturated rings. The van der Waals surface area contributed by atoms with Crippen LogP contribution in [0.1, 0.15) is 0 Å². The minimum Gasteiger partial charge on any atom is -0.390 e. The Bertz CT molecular complexity index is 405. The first-order chi connectivity index (χ1) is 7.68. The molecule has 1 aliphatic rings. The first kappa shape index (κ1) is 10.6. The van der Waals surface area contributed by atoms with Crippen LogP contribution in [0.25, 0.3) is 0 Å². The number of amides is 2. The van der Waals surface area contributed by atoms with Gasteiger partial charge in [-0.2, -0.15) is 0 Å². The summed E-state index contributed by atoms with van der Waals surface area (Å²) in [7, 11) is 0. The van der Waals surface area contributed by atoms with Gasteiger partial charge in [0, 0.05) is 12.2 Å². The van der Waals surface area contributed by atoms with Gasteiger partial charge >= 0.3 is 0 Å². The van der Waals surface area contributed by atoms with Gasteiger partial charge in [-0.05, 0) is 12.1 Å². The minimum atomic E-state index is -1.01. The van der Waals surface area contributed by atoms with E-state index in [4.69, 9.17) is 0 Å². The summed E-state index contributed by atoms with van der Waals surface area (Å²) in [5.74, 6) is -1.92. The molecule has 0 radical (unpaired) electrons. The summed E-state index contributed by atoms with van der Waals surface area (Å²) >= 11 is 0. The number of benzene rings is 1. The van der Waals surface area contributed by atoms with Crippen LogP contribution in [-0.4, -0.2) is 29.6 Å². The number of β-amino-alcohol motifs (C(OH)–C–C–N with tert-alkyl or cyclic N) is 1. The number of hydrogen-bond donors (Lipinski definition) is 3. The van der Waals surface area contributed by atoms with Crippen LogP contribution in [0, 0.1) is 5.92 Å². The Balaban J connectivity index is 2.06. The Kier molecular flexibility index (Phi) is 2.87. The van der Waals surface area contributed by atoms with Crippen molar-refractivity contribution in [1.29, 1.82) is 0 Å². The Hall–Kier alpha value is -1.88. The first-order valence-electron chi connectivity index (χ1n) is 5.00. The van der Waals surface area contributed by atoms with Crippen LogP contribution in [0.3, 0.4) is 0 Å². The van der Waals surface area contributed by atoms with Crippen molar-refractivity contribution in [3.05, 3.63) is 30.3 Å². The maximum absolute atomic E-state index is 11.7. The minimum absolute atomic E-state index is 0.131. The summed E-state index contributed by atoms with van der Waals surface area (Å²) < 4.78 is 0. The Morgan fingerprint density at radius 3 is 2.62 bits per heavy atom. The normalized spacial score (nSPS) is 23.9. The van der Waals surface area contributed by atoms with Crippen molar-refractivity contribution in [1.82, 2.24) is 5.32 Å². The number of carbonyl (C=O) groups excluding carboxylic acids is 2. The smallest absolute Gasteiger partial charge is 0.239 e. The Labute approximate surface area is 92.5 Å². The quantitative estimate of drug-likeness (QED) is 0.600. The highest BCUT2D eigenvalue weighted by atomic mass is 16.3. The molecule has 0 saturated carbocycles. The van der Waals surface area contributed by atoms with Crippen molar-refractivity contribution in [3.8, 4) is 0 Å². The van der Waals surface area contributed by atoms with Crippen LogP contribution in [0.4, 0.5) is 5.69 Å². The highest BCUT2D eigenvalue weighted by Gasteiger charge is 2.39. The zero-order chi connectivity index (χ0) is 11.5. The number of aliphatic hydroxyl groups is 1. The lowest BCUT2D eigenvalue weighted by molar-refractivity contribution is -0.132. The molecule has 0 spiro atoms. The molecule has 2 atom stereocenters. The standard InChI is InChI=1S/C11H12N2O3/c14-8-6-12-10(15)9(8)11(16)13-7-4-2-1-3-5-7/h1-5,8-9,14H,6H2,(H,12,15)(H,13,16). The van der Waals surface area contributed by atoms with E-state index in [9.17, 15) is 14.7 Å². The Morgan fingerprint density at radius 2 is 2.06 bits per heavy atom. The molecular weight excluding hydrogens is 208 g/mol. The van der Waals surface area contributed by atoms with Gasteiger partial charge in [-0.25, -0.2) is 0 Å². The van der Waals surface area contributed by atoms with Crippen molar-refractivity contribution >= 4 is 17.5 Å². The zero-order valence-electron chi connectivity index (χ0n) is 8.51. The number of hydrogen-bond acceptors (Lipinski definition) is 3. The van der Waals surface area contributed by atoms with E-state index in [0.29, 0.717) is 5.69 Å². The van der Waals surface area contributed by atoms with Crippen LogP contribution < -0.4 is 10.6 Å². The molecule has 0 aromatic heterocycles. The van der Waals surface area contributed by atoms with Gasteiger partial charge in [0.1, 0.15) is 5.92 Å². The summed E-state index contributed by atoms with van der Waals surface area (Å²) in [5, 5.41) is 14.5. The molecule has 5 nitrogen and oxygen atoms in total. The SMILES string of the molecule is O=C1NCC(O)C1C(=O)Nc1ccccc1. The molecule has 1 aromatic rings. The number of nitrogens with one attached hydrogen (secondary N) is 2. The molecule has 2 rings (SSSR count). The summed E-state index contributed by atoms with van der Waals surface area (Å²) in [4.78, 5) is 23.0. The molecule has 5 heteroatoms. The largest absolute Gasteiger partial charge is 0.390 e. The van der Waals surface area contributed by atoms with Crippen molar-refractivity contribution in [2.75, 3.05) is 11.9 Å². The van der Waals surface area contributed by atoms with Crippen molar-refractivity contribution in [2.45, 2.75) is 6.10 Å². The van der Waals surface area contributed by atoms with Crippen LogP contribution in [0.2, 0.25) is 0 Å². The maximum Gasteiger partial charge on any atom is 0.239 e. The highest BCUT2D eigenvalue weighted by molar-refractivity contribution is 6.08. The molecule has 0 bridgehead atoms. The average molecular weight is 220 g/mol. The predicted molar refractivity (Wildman–Crippen MR) is 57.6 cm³/mol. The van der Waals surface area contributed by atoms with Crippen LogP contribution >= 0.6 is 0 Å². The number of carbonyl (C=O) groups is 2. The average Bonchev–Trinajstić information content (AvgIpc) is 2.60. The van der Waals surface area contributed by atoms with E-state index in [0.717, 1.165) is 0 Å². The van der Waals surface area contributed by atoms with E-state index in [2.05, 4.69) is 10.6 Å². The Morgan fingerprint density at radius 1 is 1.38 bits per heavy atom. The highest BCUT2D eigenvalue weighted by Crippen LogP contribution is 2.14. The first-order valence-corrected chi connectivity index (χ1v) is 5.00. The summed E-state index contributed by atoms with van der Waals surface area (Å²) in [6.45, 7) is 0.131. The molecule has 3 N–H and O–H groups in total. The molecule has 16 heavy (non-hydrogen) atoms. The maximum atomic E-state index is 11.7. The molecular formula is C11H12N2O3. The van der Waals surface area contributed by atoms with E-state index < -0.39 is 23.8 Å². The second kappa shape index (κ2) is 4.32. The molecule has 2 unspecified atom stereocenters. The molecule has 2 amide bonds. The van der Waals surface area contributed by atoms with Gasteiger partial charge in [0.25, 0.3) is 0 Å².